The lowest BCUT2D eigenvalue weighted by Crippen LogP contribution is -2.26. The highest BCUT2D eigenvalue weighted by molar-refractivity contribution is 7.08. The van der Waals surface area contributed by atoms with E-state index in [2.05, 4.69) is 105 Å². The van der Waals surface area contributed by atoms with Crippen LogP contribution >= 0.6 is 11.3 Å². The van der Waals surface area contributed by atoms with Gasteiger partial charge in [-0.05, 0) is 46.6 Å². The molecule has 0 saturated heterocycles. The Balaban J connectivity index is 1.43. The van der Waals surface area contributed by atoms with Crippen molar-refractivity contribution in [1.82, 2.24) is 14.5 Å². The fourth-order valence-electron chi connectivity index (χ4n) is 4.28. The largest absolute Gasteiger partial charge is 0.346 e. The summed E-state index contributed by atoms with van der Waals surface area (Å²) in [4.78, 5) is 7.06. The molecule has 0 spiro atoms. The van der Waals surface area contributed by atoms with E-state index >= 15 is 0 Å². The molecular weight excluding hydrogens is 410 g/mol. The van der Waals surface area contributed by atoms with E-state index in [4.69, 9.17) is 0 Å². The number of hydrogen-bond donors (Lipinski definition) is 0. The summed E-state index contributed by atoms with van der Waals surface area (Å²) < 4.78 is 2.40. The molecule has 4 heteroatoms. The zero-order chi connectivity index (χ0) is 21.8. The molecule has 0 unspecified atom stereocenters. The molecular formula is C28H27N3S. The minimum atomic E-state index is 0.957. The van der Waals surface area contributed by atoms with Crippen LogP contribution in [-0.2, 0) is 13.1 Å². The van der Waals surface area contributed by atoms with Crippen LogP contribution in [-0.4, -0.2) is 27.5 Å². The number of hydrogen-bond acceptors (Lipinski definition) is 3. The van der Waals surface area contributed by atoms with E-state index in [-0.39, 0.29) is 0 Å². The van der Waals surface area contributed by atoms with Gasteiger partial charge in [-0.1, -0.05) is 55.5 Å². The number of thiophene rings is 1. The highest BCUT2D eigenvalue weighted by Gasteiger charge is 2.12. The van der Waals surface area contributed by atoms with Crippen molar-refractivity contribution in [2.75, 3.05) is 13.1 Å². The molecule has 32 heavy (non-hydrogen) atoms. The molecule has 0 fully saturated rings. The van der Waals surface area contributed by atoms with E-state index in [0.29, 0.717) is 0 Å². The number of nitrogens with zero attached hydrogens (tertiary/aromatic N) is 3. The maximum absolute atomic E-state index is 4.55. The third-order valence-corrected chi connectivity index (χ3v) is 6.73. The number of rotatable bonds is 8. The van der Waals surface area contributed by atoms with Crippen LogP contribution in [0.15, 0.2) is 96.1 Å². The van der Waals surface area contributed by atoms with Crippen molar-refractivity contribution < 1.29 is 0 Å². The van der Waals surface area contributed by atoms with Gasteiger partial charge < -0.3 is 4.57 Å². The fourth-order valence-corrected chi connectivity index (χ4v) is 4.94. The average Bonchev–Trinajstić information content (AvgIpc) is 3.51. The second kappa shape index (κ2) is 9.51. The third-order valence-electron chi connectivity index (χ3n) is 6.05. The molecule has 3 nitrogen and oxygen atoms in total. The van der Waals surface area contributed by atoms with Crippen molar-refractivity contribution in [3.8, 4) is 22.3 Å². The average molecular weight is 438 g/mol. The summed E-state index contributed by atoms with van der Waals surface area (Å²) in [7, 11) is 0. The third kappa shape index (κ3) is 4.38. The lowest BCUT2D eigenvalue weighted by Gasteiger charge is -2.21. The van der Waals surface area contributed by atoms with Gasteiger partial charge in [-0.25, -0.2) is 0 Å². The molecule has 2 aromatic carbocycles. The summed E-state index contributed by atoms with van der Waals surface area (Å²) >= 11 is 1.72. The SMILES string of the molecule is CCN(CCn1cc(-c2cncc(-c3ccsc3)c2)c2ccccc21)Cc1ccccc1. The highest BCUT2D eigenvalue weighted by atomic mass is 32.1. The van der Waals surface area contributed by atoms with Crippen LogP contribution in [0.5, 0.6) is 0 Å². The van der Waals surface area contributed by atoms with Crippen LogP contribution in [0.4, 0.5) is 0 Å². The number of pyridine rings is 1. The number of fused-ring (bicyclic) bond motifs is 1. The van der Waals surface area contributed by atoms with Gasteiger partial charge in [0.05, 0.1) is 0 Å². The predicted octanol–water partition coefficient (Wildman–Crippen LogP) is 6.95. The molecule has 0 radical (unpaired) electrons. The lowest BCUT2D eigenvalue weighted by atomic mass is 10.0. The molecule has 3 aromatic heterocycles. The number of aromatic nitrogens is 2. The van der Waals surface area contributed by atoms with Crippen LogP contribution in [0.25, 0.3) is 33.2 Å². The minimum absolute atomic E-state index is 0.957. The van der Waals surface area contributed by atoms with E-state index in [1.54, 1.807) is 11.3 Å². The van der Waals surface area contributed by atoms with Crippen LogP contribution in [0.3, 0.4) is 0 Å². The molecule has 0 N–H and O–H groups in total. The van der Waals surface area contributed by atoms with Gasteiger partial charge in [-0.2, -0.15) is 11.3 Å². The zero-order valence-corrected chi connectivity index (χ0v) is 19.1. The maximum Gasteiger partial charge on any atom is 0.0487 e. The van der Waals surface area contributed by atoms with Gasteiger partial charge in [0, 0.05) is 65.8 Å². The van der Waals surface area contributed by atoms with Crippen molar-refractivity contribution in [2.24, 2.45) is 0 Å². The maximum atomic E-state index is 4.55. The first kappa shape index (κ1) is 20.7. The quantitative estimate of drug-likeness (QED) is 0.262. The Morgan fingerprint density at radius 2 is 1.72 bits per heavy atom. The van der Waals surface area contributed by atoms with Gasteiger partial charge in [-0.3, -0.25) is 9.88 Å². The van der Waals surface area contributed by atoms with Crippen molar-refractivity contribution in [2.45, 2.75) is 20.0 Å². The molecule has 5 aromatic rings. The summed E-state index contributed by atoms with van der Waals surface area (Å²) in [5.41, 5.74) is 7.45. The first-order chi connectivity index (χ1) is 15.8. The summed E-state index contributed by atoms with van der Waals surface area (Å²) in [6.07, 6.45) is 6.23. The fraction of sp³-hybridized carbons (Fsp3) is 0.179. The number of benzene rings is 2. The molecule has 0 bridgehead atoms. The van der Waals surface area contributed by atoms with Gasteiger partial charge in [0.25, 0.3) is 0 Å². The second-order valence-corrected chi connectivity index (χ2v) is 8.86. The van der Waals surface area contributed by atoms with Gasteiger partial charge in [0.15, 0.2) is 0 Å². The van der Waals surface area contributed by atoms with E-state index in [9.17, 15) is 0 Å². The van der Waals surface area contributed by atoms with Gasteiger partial charge >= 0.3 is 0 Å². The van der Waals surface area contributed by atoms with Crippen molar-refractivity contribution in [1.29, 1.82) is 0 Å². The van der Waals surface area contributed by atoms with Crippen molar-refractivity contribution in [3.05, 3.63) is 102 Å². The van der Waals surface area contributed by atoms with Crippen molar-refractivity contribution >= 4 is 22.2 Å². The molecule has 0 amide bonds. The first-order valence-electron chi connectivity index (χ1n) is 11.1. The van der Waals surface area contributed by atoms with E-state index < -0.39 is 0 Å². The summed E-state index contributed by atoms with van der Waals surface area (Å²) in [6, 6.07) is 23.8. The monoisotopic (exact) mass is 437 g/mol. The highest BCUT2D eigenvalue weighted by Crippen LogP contribution is 2.33. The number of para-hydroxylation sites is 1. The van der Waals surface area contributed by atoms with E-state index in [1.807, 2.05) is 12.4 Å². The minimum Gasteiger partial charge on any atom is -0.346 e. The first-order valence-corrected chi connectivity index (χ1v) is 12.1. The van der Waals surface area contributed by atoms with Crippen LogP contribution < -0.4 is 0 Å². The zero-order valence-electron chi connectivity index (χ0n) is 18.3. The van der Waals surface area contributed by atoms with Gasteiger partial charge in [0.1, 0.15) is 0 Å². The molecule has 0 aliphatic rings. The summed E-state index contributed by atoms with van der Waals surface area (Å²) in [5, 5.41) is 5.57. The Hall–Kier alpha value is -3.21. The summed E-state index contributed by atoms with van der Waals surface area (Å²) in [6.45, 7) is 6.23. The second-order valence-electron chi connectivity index (χ2n) is 8.08. The Morgan fingerprint density at radius 1 is 0.906 bits per heavy atom. The van der Waals surface area contributed by atoms with E-state index in [0.717, 1.165) is 26.2 Å². The van der Waals surface area contributed by atoms with Crippen LogP contribution in [0, 0.1) is 0 Å². The number of likely N-dealkylation sites (N-methyl/N-ethyl adjacent to an activating group) is 1. The van der Waals surface area contributed by atoms with Gasteiger partial charge in [0.2, 0.25) is 0 Å². The summed E-state index contributed by atoms with van der Waals surface area (Å²) in [5.74, 6) is 0. The van der Waals surface area contributed by atoms with Crippen molar-refractivity contribution in [3.63, 3.8) is 0 Å². The van der Waals surface area contributed by atoms with Gasteiger partial charge in [-0.15, -0.1) is 0 Å². The molecule has 0 saturated carbocycles. The Labute approximate surface area is 193 Å². The normalized spacial score (nSPS) is 11.4. The van der Waals surface area contributed by atoms with E-state index in [1.165, 1.54) is 38.7 Å². The molecule has 5 rings (SSSR count). The molecule has 0 aliphatic heterocycles. The molecule has 0 atom stereocenters. The standard InChI is InChI=1S/C28H27N3S/c1-2-30(19-22-8-4-3-5-9-22)13-14-31-20-27(26-10-6-7-11-28(26)31)25-16-24(17-29-18-25)23-12-15-32-21-23/h3-12,15-18,20-21H,2,13-14,19H2,1H3. The van der Waals surface area contributed by atoms with Crippen LogP contribution in [0.1, 0.15) is 12.5 Å². The Bertz CT molecular complexity index is 1290. The van der Waals surface area contributed by atoms with Crippen LogP contribution in [0.2, 0.25) is 0 Å². The molecule has 0 aliphatic carbocycles. The molecule has 3 heterocycles. The molecule has 160 valence electrons. The smallest absolute Gasteiger partial charge is 0.0487 e. The topological polar surface area (TPSA) is 21.1 Å². The Morgan fingerprint density at radius 3 is 2.53 bits per heavy atom. The predicted molar refractivity (Wildman–Crippen MR) is 136 cm³/mol. The lowest BCUT2D eigenvalue weighted by molar-refractivity contribution is 0.269. The Kier molecular flexibility index (Phi) is 6.15.